The Balaban J connectivity index is 1.73. The second kappa shape index (κ2) is 6.29. The molecule has 7 heteroatoms. The number of imide groups is 1. The molecule has 0 saturated carbocycles. The van der Waals surface area contributed by atoms with Crippen LogP contribution in [0.3, 0.4) is 0 Å². The molecule has 23 heavy (non-hydrogen) atoms. The number of piperidine rings is 1. The molecule has 2 heterocycles. The summed E-state index contributed by atoms with van der Waals surface area (Å²) in [5.41, 5.74) is 5.83. The van der Waals surface area contributed by atoms with Crippen molar-refractivity contribution in [2.24, 2.45) is 11.7 Å². The lowest BCUT2D eigenvalue weighted by Gasteiger charge is -2.33. The minimum absolute atomic E-state index is 0.137. The lowest BCUT2D eigenvalue weighted by Crippen LogP contribution is -2.47. The fourth-order valence-electron chi connectivity index (χ4n) is 3.28. The average molecular weight is 336 g/mol. The van der Waals surface area contributed by atoms with Crippen molar-refractivity contribution in [1.29, 1.82) is 0 Å². The van der Waals surface area contributed by atoms with Gasteiger partial charge in [0.05, 0.1) is 18.2 Å². The molecule has 3 rings (SSSR count). The number of hydrogen-bond donors (Lipinski definition) is 1. The predicted octanol–water partition coefficient (Wildman–Crippen LogP) is 1.17. The molecular weight excluding hydrogens is 318 g/mol. The van der Waals surface area contributed by atoms with Crippen LogP contribution in [0.4, 0.5) is 5.69 Å². The third-order valence-corrected chi connectivity index (χ3v) is 4.80. The molecule has 1 atom stereocenters. The molecule has 0 spiro atoms. The Bertz CT molecular complexity index is 656. The molecule has 0 bridgehead atoms. The first-order chi connectivity index (χ1) is 11.0. The van der Waals surface area contributed by atoms with Gasteiger partial charge in [0, 0.05) is 10.9 Å². The molecule has 1 aromatic carbocycles. The predicted molar refractivity (Wildman–Crippen MR) is 85.8 cm³/mol. The van der Waals surface area contributed by atoms with Gasteiger partial charge in [0.1, 0.15) is 0 Å². The van der Waals surface area contributed by atoms with E-state index in [0.717, 1.165) is 0 Å². The molecule has 122 valence electrons. The zero-order chi connectivity index (χ0) is 16.6. The van der Waals surface area contributed by atoms with E-state index in [2.05, 4.69) is 0 Å². The zero-order valence-electron chi connectivity index (χ0n) is 12.6. The maximum atomic E-state index is 12.7. The smallest absolute Gasteiger partial charge is 0.251 e. The van der Waals surface area contributed by atoms with Crippen molar-refractivity contribution in [1.82, 2.24) is 4.90 Å². The quantitative estimate of drug-likeness (QED) is 0.840. The normalized spacial score (nSPS) is 23.5. The molecule has 2 saturated heterocycles. The number of nitrogens with zero attached hydrogens (tertiary/aromatic N) is 2. The molecule has 6 nitrogen and oxygen atoms in total. The first-order valence-corrected chi connectivity index (χ1v) is 8.01. The van der Waals surface area contributed by atoms with Gasteiger partial charge < -0.3 is 5.73 Å². The number of rotatable bonds is 3. The molecule has 2 aliphatic rings. The Morgan fingerprint density at radius 2 is 1.91 bits per heavy atom. The van der Waals surface area contributed by atoms with Crippen LogP contribution in [0.15, 0.2) is 24.3 Å². The molecule has 3 amide bonds. The Hall–Kier alpha value is -1.92. The van der Waals surface area contributed by atoms with E-state index < -0.39 is 6.04 Å². The number of carbonyl (C=O) groups is 3. The van der Waals surface area contributed by atoms with Crippen LogP contribution in [0.5, 0.6) is 0 Å². The highest BCUT2D eigenvalue weighted by Crippen LogP contribution is 2.29. The lowest BCUT2D eigenvalue weighted by molar-refractivity contribution is -0.124. The van der Waals surface area contributed by atoms with E-state index in [0.29, 0.717) is 36.6 Å². The summed E-state index contributed by atoms with van der Waals surface area (Å²) >= 11 is 5.95. The van der Waals surface area contributed by atoms with E-state index in [9.17, 15) is 14.4 Å². The summed E-state index contributed by atoms with van der Waals surface area (Å²) in [6.45, 7) is 1.20. The van der Waals surface area contributed by atoms with E-state index in [1.807, 2.05) is 4.90 Å². The van der Waals surface area contributed by atoms with Crippen molar-refractivity contribution < 1.29 is 14.4 Å². The Labute approximate surface area is 139 Å². The molecule has 0 unspecified atom stereocenters. The summed E-state index contributed by atoms with van der Waals surface area (Å²) in [6, 6.07) is 6.25. The van der Waals surface area contributed by atoms with Crippen LogP contribution in [0, 0.1) is 5.92 Å². The van der Waals surface area contributed by atoms with Gasteiger partial charge in [-0.3, -0.25) is 19.3 Å². The fraction of sp³-hybridized carbons (Fsp3) is 0.438. The molecule has 0 aromatic heterocycles. The molecule has 2 N–H and O–H groups in total. The number of hydrogen-bond acceptors (Lipinski definition) is 4. The first-order valence-electron chi connectivity index (χ1n) is 7.63. The highest BCUT2D eigenvalue weighted by atomic mass is 35.5. The van der Waals surface area contributed by atoms with Crippen LogP contribution >= 0.6 is 11.6 Å². The van der Waals surface area contributed by atoms with Crippen molar-refractivity contribution in [3.8, 4) is 0 Å². The lowest BCUT2D eigenvalue weighted by atomic mass is 9.95. The number of amides is 3. The molecule has 0 aliphatic carbocycles. The average Bonchev–Trinajstić information content (AvgIpc) is 2.82. The standard InChI is InChI=1S/C16H18ClN3O3/c17-11-2-1-3-12(8-11)20-14(21)9-13(16(20)23)19-6-4-10(5-7-19)15(18)22/h1-3,8,10,13H,4-7,9H2,(H2,18,22)/t13-/m1/s1. The third-order valence-electron chi connectivity index (χ3n) is 4.56. The van der Waals surface area contributed by atoms with Crippen molar-refractivity contribution in [3.05, 3.63) is 29.3 Å². The van der Waals surface area contributed by atoms with Crippen LogP contribution in [0.2, 0.25) is 5.02 Å². The number of nitrogens with two attached hydrogens (primary N) is 1. The van der Waals surface area contributed by atoms with Crippen molar-refractivity contribution >= 4 is 35.0 Å². The first kappa shape index (κ1) is 16.0. The number of carbonyl (C=O) groups excluding carboxylic acids is 3. The summed E-state index contributed by atoms with van der Waals surface area (Å²) in [6.07, 6.45) is 1.42. The van der Waals surface area contributed by atoms with Gasteiger partial charge in [0.15, 0.2) is 0 Å². The zero-order valence-corrected chi connectivity index (χ0v) is 13.3. The number of likely N-dealkylation sites (tertiary alicyclic amines) is 1. The van der Waals surface area contributed by atoms with Gasteiger partial charge in [0.25, 0.3) is 5.91 Å². The highest BCUT2D eigenvalue weighted by molar-refractivity contribution is 6.31. The number of primary amides is 1. The number of benzene rings is 1. The molecule has 2 aliphatic heterocycles. The molecular formula is C16H18ClN3O3. The van der Waals surface area contributed by atoms with Gasteiger partial charge in [-0.25, -0.2) is 4.90 Å². The SMILES string of the molecule is NC(=O)C1CCN([C@@H]2CC(=O)N(c3cccc(Cl)c3)C2=O)CC1. The summed E-state index contributed by atoms with van der Waals surface area (Å²) < 4.78 is 0. The topological polar surface area (TPSA) is 83.7 Å². The summed E-state index contributed by atoms with van der Waals surface area (Å²) in [5.74, 6) is -0.879. The van der Waals surface area contributed by atoms with Crippen molar-refractivity contribution in [3.63, 3.8) is 0 Å². The van der Waals surface area contributed by atoms with E-state index in [1.165, 1.54) is 4.90 Å². The Kier molecular flexibility index (Phi) is 4.37. The van der Waals surface area contributed by atoms with Gasteiger partial charge >= 0.3 is 0 Å². The van der Waals surface area contributed by atoms with Crippen molar-refractivity contribution in [2.45, 2.75) is 25.3 Å². The van der Waals surface area contributed by atoms with Gasteiger partial charge in [0.2, 0.25) is 11.8 Å². The van der Waals surface area contributed by atoms with Crippen LogP contribution in [-0.4, -0.2) is 41.8 Å². The summed E-state index contributed by atoms with van der Waals surface area (Å²) in [5, 5.41) is 0.480. The van der Waals surface area contributed by atoms with Gasteiger partial charge in [-0.1, -0.05) is 17.7 Å². The van der Waals surface area contributed by atoms with Gasteiger partial charge in [-0.15, -0.1) is 0 Å². The third kappa shape index (κ3) is 3.09. The van der Waals surface area contributed by atoms with E-state index >= 15 is 0 Å². The van der Waals surface area contributed by atoms with Crippen LogP contribution in [0.25, 0.3) is 0 Å². The largest absolute Gasteiger partial charge is 0.369 e. The van der Waals surface area contributed by atoms with E-state index in [1.54, 1.807) is 24.3 Å². The molecule has 0 radical (unpaired) electrons. The van der Waals surface area contributed by atoms with Crippen LogP contribution in [0.1, 0.15) is 19.3 Å². The molecule has 1 aromatic rings. The summed E-state index contributed by atoms with van der Waals surface area (Å²) in [4.78, 5) is 39.4. The second-order valence-electron chi connectivity index (χ2n) is 5.98. The van der Waals surface area contributed by atoms with Crippen LogP contribution < -0.4 is 10.6 Å². The summed E-state index contributed by atoms with van der Waals surface area (Å²) in [7, 11) is 0. The molecule has 2 fully saturated rings. The van der Waals surface area contributed by atoms with Crippen LogP contribution in [-0.2, 0) is 14.4 Å². The maximum Gasteiger partial charge on any atom is 0.251 e. The van der Waals surface area contributed by atoms with Crippen molar-refractivity contribution in [2.75, 3.05) is 18.0 Å². The fourth-order valence-corrected chi connectivity index (χ4v) is 3.47. The minimum Gasteiger partial charge on any atom is -0.369 e. The highest BCUT2D eigenvalue weighted by Gasteiger charge is 2.43. The van der Waals surface area contributed by atoms with E-state index in [-0.39, 0.29) is 30.1 Å². The monoisotopic (exact) mass is 335 g/mol. The van der Waals surface area contributed by atoms with Gasteiger partial charge in [-0.05, 0) is 44.1 Å². The van der Waals surface area contributed by atoms with E-state index in [4.69, 9.17) is 17.3 Å². The number of anilines is 1. The Morgan fingerprint density at radius 3 is 2.52 bits per heavy atom. The van der Waals surface area contributed by atoms with Gasteiger partial charge in [-0.2, -0.15) is 0 Å². The number of halogens is 1. The maximum absolute atomic E-state index is 12.7. The Morgan fingerprint density at radius 1 is 1.22 bits per heavy atom. The second-order valence-corrected chi connectivity index (χ2v) is 6.42. The minimum atomic E-state index is -0.463.